The summed E-state index contributed by atoms with van der Waals surface area (Å²) in [5, 5.41) is -1.25. The van der Waals surface area contributed by atoms with Crippen molar-refractivity contribution in [3.63, 3.8) is 0 Å². The van der Waals surface area contributed by atoms with Crippen molar-refractivity contribution in [1.82, 2.24) is 9.13 Å². The largest absolute Gasteiger partial charge is 0.433 e. The minimum atomic E-state index is -5.03. The van der Waals surface area contributed by atoms with E-state index in [2.05, 4.69) is 12.2 Å². The van der Waals surface area contributed by atoms with Crippen LogP contribution in [0.1, 0.15) is 11.3 Å². The highest BCUT2D eigenvalue weighted by molar-refractivity contribution is 7.80. The molecule has 24 heavy (non-hydrogen) atoms. The Hall–Kier alpha value is -2.20. The van der Waals surface area contributed by atoms with Gasteiger partial charge in [-0.05, 0) is 18.2 Å². The molecule has 0 saturated carbocycles. The highest BCUT2D eigenvalue weighted by Crippen LogP contribution is 2.31. The number of halogens is 5. The zero-order valence-electron chi connectivity index (χ0n) is 11.8. The fourth-order valence-electron chi connectivity index (χ4n) is 2.05. The second kappa shape index (κ2) is 6.02. The second-order valence-electron chi connectivity index (χ2n) is 4.67. The molecule has 1 aromatic heterocycles. The summed E-state index contributed by atoms with van der Waals surface area (Å²) in [5.41, 5.74) is 0.367. The number of nitrogens with zero attached hydrogens (tertiary/aromatic N) is 2. The number of alkyl halides is 3. The standard InChI is InChI=1S/C13H8ClF4N3O2S/c1-20-9(13(16,17)18)8(14)11(22)21(12(20)23)7-3-2-5(10(19)24)4-6(7)15/h2-4H,1H3,(H2,19,24). The zero-order chi connectivity index (χ0) is 18.4. The average Bonchev–Trinajstić information content (AvgIpc) is 2.45. The maximum atomic E-state index is 14.2. The van der Waals surface area contributed by atoms with Crippen LogP contribution < -0.4 is 17.0 Å². The van der Waals surface area contributed by atoms with Gasteiger partial charge in [-0.3, -0.25) is 9.36 Å². The van der Waals surface area contributed by atoms with Crippen LogP contribution in [0, 0.1) is 5.82 Å². The lowest BCUT2D eigenvalue weighted by atomic mass is 10.2. The van der Waals surface area contributed by atoms with Gasteiger partial charge in [0.2, 0.25) is 0 Å². The van der Waals surface area contributed by atoms with E-state index in [9.17, 15) is 27.2 Å². The summed E-state index contributed by atoms with van der Waals surface area (Å²) in [6, 6.07) is 3.07. The van der Waals surface area contributed by atoms with Gasteiger partial charge < -0.3 is 5.73 Å². The fourth-order valence-corrected chi connectivity index (χ4v) is 2.49. The molecule has 0 aliphatic heterocycles. The van der Waals surface area contributed by atoms with Crippen molar-refractivity contribution in [2.45, 2.75) is 6.18 Å². The van der Waals surface area contributed by atoms with Gasteiger partial charge in [-0.2, -0.15) is 13.2 Å². The van der Waals surface area contributed by atoms with Crippen LogP contribution in [-0.4, -0.2) is 14.1 Å². The number of thiocarbonyl (C=S) groups is 1. The molecule has 0 bridgehead atoms. The Bertz CT molecular complexity index is 928. The van der Waals surface area contributed by atoms with E-state index in [1.54, 1.807) is 0 Å². The van der Waals surface area contributed by atoms with Crippen molar-refractivity contribution in [3.05, 3.63) is 61.1 Å². The summed E-state index contributed by atoms with van der Waals surface area (Å²) in [6.07, 6.45) is -5.03. The molecule has 2 aromatic rings. The van der Waals surface area contributed by atoms with Gasteiger partial charge in [0.05, 0.1) is 5.69 Å². The van der Waals surface area contributed by atoms with E-state index in [-0.39, 0.29) is 19.7 Å². The van der Waals surface area contributed by atoms with Gasteiger partial charge >= 0.3 is 11.9 Å². The highest BCUT2D eigenvalue weighted by atomic mass is 35.5. The molecule has 11 heteroatoms. The van der Waals surface area contributed by atoms with Crippen LogP contribution in [0.2, 0.25) is 5.02 Å². The SMILES string of the molecule is Cn1c(C(F)(F)F)c(Cl)c(=O)n(-c2ccc(C(N)=S)cc2F)c1=O. The third kappa shape index (κ3) is 2.94. The first-order chi connectivity index (χ1) is 11.0. The van der Waals surface area contributed by atoms with Gasteiger partial charge in [0.15, 0.2) is 5.69 Å². The summed E-state index contributed by atoms with van der Waals surface area (Å²) in [7, 11) is 0.772. The number of hydrogen-bond acceptors (Lipinski definition) is 3. The molecule has 0 aliphatic rings. The van der Waals surface area contributed by atoms with Crippen molar-refractivity contribution in [1.29, 1.82) is 0 Å². The third-order valence-corrected chi connectivity index (χ3v) is 3.73. The van der Waals surface area contributed by atoms with Gasteiger partial charge in [-0.15, -0.1) is 0 Å². The molecule has 0 aliphatic carbocycles. The lowest BCUT2D eigenvalue weighted by molar-refractivity contribution is -0.143. The molecule has 2 N–H and O–H groups in total. The van der Waals surface area contributed by atoms with Crippen molar-refractivity contribution >= 4 is 28.8 Å². The van der Waals surface area contributed by atoms with E-state index in [4.69, 9.17) is 17.3 Å². The molecule has 0 atom stereocenters. The molecule has 0 unspecified atom stereocenters. The van der Waals surface area contributed by atoms with E-state index in [0.29, 0.717) is 0 Å². The fraction of sp³-hybridized carbons (Fsp3) is 0.154. The summed E-state index contributed by atoms with van der Waals surface area (Å²) in [5.74, 6) is -1.07. The molecule has 0 fully saturated rings. The van der Waals surface area contributed by atoms with Crippen LogP contribution in [-0.2, 0) is 13.2 Å². The minimum absolute atomic E-state index is 0.120. The number of rotatable bonds is 2. The maximum absolute atomic E-state index is 14.2. The lowest BCUT2D eigenvalue weighted by Crippen LogP contribution is -2.42. The second-order valence-corrected chi connectivity index (χ2v) is 5.49. The van der Waals surface area contributed by atoms with E-state index in [1.807, 2.05) is 0 Å². The molecular weight excluding hydrogens is 374 g/mol. The molecule has 2 rings (SSSR count). The van der Waals surface area contributed by atoms with E-state index >= 15 is 0 Å². The number of aromatic nitrogens is 2. The van der Waals surface area contributed by atoms with E-state index in [0.717, 1.165) is 19.2 Å². The van der Waals surface area contributed by atoms with Crippen LogP contribution in [0.15, 0.2) is 27.8 Å². The monoisotopic (exact) mass is 381 g/mol. The lowest BCUT2D eigenvalue weighted by Gasteiger charge is -2.16. The minimum Gasteiger partial charge on any atom is -0.389 e. The molecule has 128 valence electrons. The Labute approximate surface area is 141 Å². The van der Waals surface area contributed by atoms with Crippen LogP contribution in [0.5, 0.6) is 0 Å². The maximum Gasteiger partial charge on any atom is 0.433 e. The number of benzene rings is 1. The van der Waals surface area contributed by atoms with E-state index < -0.39 is 39.6 Å². The number of hydrogen-bond donors (Lipinski definition) is 1. The van der Waals surface area contributed by atoms with E-state index in [1.165, 1.54) is 6.07 Å². The van der Waals surface area contributed by atoms with Crippen LogP contribution in [0.25, 0.3) is 5.69 Å². The summed E-state index contributed by atoms with van der Waals surface area (Å²) < 4.78 is 53.3. The average molecular weight is 382 g/mol. The molecular formula is C13H8ClF4N3O2S. The Kier molecular flexibility index (Phi) is 4.55. The van der Waals surface area contributed by atoms with Gasteiger partial charge in [0.1, 0.15) is 15.8 Å². The molecule has 0 radical (unpaired) electrons. The highest BCUT2D eigenvalue weighted by Gasteiger charge is 2.39. The first-order valence-electron chi connectivity index (χ1n) is 6.15. The Morgan fingerprint density at radius 3 is 2.33 bits per heavy atom. The molecule has 1 aromatic carbocycles. The summed E-state index contributed by atoms with van der Waals surface area (Å²) >= 11 is 10.1. The smallest absolute Gasteiger partial charge is 0.389 e. The normalized spacial score (nSPS) is 11.6. The first-order valence-corrected chi connectivity index (χ1v) is 6.94. The zero-order valence-corrected chi connectivity index (χ0v) is 13.4. The predicted octanol–water partition coefficient (Wildman–Crippen LogP) is 1.98. The first kappa shape index (κ1) is 18.1. The van der Waals surface area contributed by atoms with Crippen molar-refractivity contribution in [2.24, 2.45) is 12.8 Å². The third-order valence-electron chi connectivity index (χ3n) is 3.15. The van der Waals surface area contributed by atoms with Crippen LogP contribution in [0.3, 0.4) is 0 Å². The summed E-state index contributed by atoms with van der Waals surface area (Å²) in [6.45, 7) is 0. The van der Waals surface area contributed by atoms with Crippen molar-refractivity contribution < 1.29 is 17.6 Å². The van der Waals surface area contributed by atoms with Gasteiger partial charge in [-0.1, -0.05) is 23.8 Å². The Morgan fingerprint density at radius 2 is 1.88 bits per heavy atom. The van der Waals surface area contributed by atoms with Crippen LogP contribution in [0.4, 0.5) is 17.6 Å². The molecule has 1 heterocycles. The van der Waals surface area contributed by atoms with Gasteiger partial charge in [0, 0.05) is 12.6 Å². The van der Waals surface area contributed by atoms with Crippen LogP contribution >= 0.6 is 23.8 Å². The molecule has 0 spiro atoms. The van der Waals surface area contributed by atoms with Crippen molar-refractivity contribution in [3.8, 4) is 5.69 Å². The Morgan fingerprint density at radius 1 is 1.29 bits per heavy atom. The van der Waals surface area contributed by atoms with Gasteiger partial charge in [0.25, 0.3) is 5.56 Å². The predicted molar refractivity (Wildman–Crippen MR) is 83.1 cm³/mol. The number of nitrogens with two attached hydrogens (primary N) is 1. The Balaban J connectivity index is 2.86. The molecule has 0 saturated heterocycles. The molecule has 0 amide bonds. The topological polar surface area (TPSA) is 70.0 Å². The van der Waals surface area contributed by atoms with Gasteiger partial charge in [-0.25, -0.2) is 13.8 Å². The quantitative estimate of drug-likeness (QED) is 0.638. The molecule has 5 nitrogen and oxygen atoms in total. The summed E-state index contributed by atoms with van der Waals surface area (Å²) in [4.78, 5) is 24.1. The van der Waals surface area contributed by atoms with Crippen molar-refractivity contribution in [2.75, 3.05) is 0 Å².